The molecule has 8 heteroatoms. The first kappa shape index (κ1) is 21.8. The fourth-order valence-electron chi connectivity index (χ4n) is 6.03. The Morgan fingerprint density at radius 1 is 1.09 bits per heavy atom. The number of amides is 2. The number of hydrogen-bond acceptors (Lipinski definition) is 5. The summed E-state index contributed by atoms with van der Waals surface area (Å²) in [5.41, 5.74) is 0.972. The number of rotatable bonds is 5. The standard InChI is InChI=1S/C25H30N4O4/c30-15-18-20-14-28-19(7-4-8-21(28)31)23(29(20)25(33)17-9-11-26-12-10-17)22(18)24(32)27-13-16-5-2-1-3-6-16/h4,7-12,16,18,20,22-23,30H,1-3,5-6,13-15H2,(H,27,32)/t18-,20-,22+,23+/m1/s1. The van der Waals surface area contributed by atoms with Gasteiger partial charge in [0.25, 0.3) is 11.5 Å². The zero-order valence-electron chi connectivity index (χ0n) is 18.6. The fourth-order valence-corrected chi connectivity index (χ4v) is 6.03. The Labute approximate surface area is 192 Å². The molecule has 2 aromatic heterocycles. The van der Waals surface area contributed by atoms with Crippen molar-refractivity contribution in [2.24, 2.45) is 17.8 Å². The van der Waals surface area contributed by atoms with Crippen LogP contribution in [0, 0.1) is 17.8 Å². The fraction of sp³-hybridized carbons (Fsp3) is 0.520. The summed E-state index contributed by atoms with van der Waals surface area (Å²) in [4.78, 5) is 45.5. The summed E-state index contributed by atoms with van der Waals surface area (Å²) in [6.45, 7) is 0.649. The van der Waals surface area contributed by atoms with Gasteiger partial charge < -0.3 is 19.9 Å². The van der Waals surface area contributed by atoms with Gasteiger partial charge in [0.05, 0.1) is 18.0 Å². The Bertz CT molecular complexity index is 1080. The molecule has 2 fully saturated rings. The maximum absolute atomic E-state index is 13.6. The molecule has 2 aromatic rings. The predicted molar refractivity (Wildman–Crippen MR) is 121 cm³/mol. The topological polar surface area (TPSA) is 105 Å². The Hall–Kier alpha value is -3.00. The van der Waals surface area contributed by atoms with E-state index in [9.17, 15) is 19.5 Å². The van der Waals surface area contributed by atoms with Crippen LogP contribution in [0.4, 0.5) is 0 Å². The molecule has 1 aliphatic carbocycles. The van der Waals surface area contributed by atoms with E-state index in [2.05, 4.69) is 10.3 Å². The molecule has 2 N–H and O–H groups in total. The van der Waals surface area contributed by atoms with E-state index in [4.69, 9.17) is 0 Å². The highest BCUT2D eigenvalue weighted by atomic mass is 16.3. The van der Waals surface area contributed by atoms with Crippen LogP contribution in [0.5, 0.6) is 0 Å². The third-order valence-corrected chi connectivity index (χ3v) is 7.67. The number of nitrogens with zero attached hydrogens (tertiary/aromatic N) is 3. The molecule has 2 amide bonds. The highest BCUT2D eigenvalue weighted by Gasteiger charge is 2.57. The van der Waals surface area contributed by atoms with Crippen LogP contribution in [0.2, 0.25) is 0 Å². The highest BCUT2D eigenvalue weighted by Crippen LogP contribution is 2.48. The molecule has 2 aliphatic heterocycles. The number of carbonyl (C=O) groups is 2. The molecule has 1 saturated heterocycles. The maximum atomic E-state index is 13.6. The zero-order chi connectivity index (χ0) is 22.9. The van der Waals surface area contributed by atoms with Crippen molar-refractivity contribution in [3.63, 3.8) is 0 Å². The minimum atomic E-state index is -0.620. The Morgan fingerprint density at radius 3 is 2.58 bits per heavy atom. The van der Waals surface area contributed by atoms with Crippen molar-refractivity contribution in [1.29, 1.82) is 0 Å². The average Bonchev–Trinajstić information content (AvgIpc) is 3.10. The van der Waals surface area contributed by atoms with E-state index < -0.39 is 23.9 Å². The van der Waals surface area contributed by atoms with Gasteiger partial charge in [-0.2, -0.15) is 0 Å². The predicted octanol–water partition coefficient (Wildman–Crippen LogP) is 1.74. The monoisotopic (exact) mass is 450 g/mol. The van der Waals surface area contributed by atoms with Crippen molar-refractivity contribution in [2.75, 3.05) is 13.2 Å². The van der Waals surface area contributed by atoms with Crippen molar-refractivity contribution in [3.8, 4) is 0 Å². The van der Waals surface area contributed by atoms with Crippen LogP contribution in [0.25, 0.3) is 0 Å². The molecule has 2 bridgehead atoms. The van der Waals surface area contributed by atoms with E-state index in [0.717, 1.165) is 12.8 Å². The van der Waals surface area contributed by atoms with Crippen LogP contribution in [0.1, 0.15) is 54.2 Å². The molecule has 0 unspecified atom stereocenters. The van der Waals surface area contributed by atoms with Crippen molar-refractivity contribution in [2.45, 2.75) is 50.7 Å². The van der Waals surface area contributed by atoms with Gasteiger partial charge in [-0.1, -0.05) is 25.3 Å². The number of aromatic nitrogens is 2. The summed E-state index contributed by atoms with van der Waals surface area (Å²) in [5.74, 6) is -0.961. The smallest absolute Gasteiger partial charge is 0.254 e. The van der Waals surface area contributed by atoms with E-state index in [0.29, 0.717) is 23.7 Å². The van der Waals surface area contributed by atoms with E-state index in [1.54, 1.807) is 40.1 Å². The molecular weight excluding hydrogens is 420 g/mol. The van der Waals surface area contributed by atoms with E-state index in [1.165, 1.54) is 25.3 Å². The Morgan fingerprint density at radius 2 is 1.85 bits per heavy atom. The average molecular weight is 451 g/mol. The van der Waals surface area contributed by atoms with Crippen LogP contribution < -0.4 is 10.9 Å². The largest absolute Gasteiger partial charge is 0.396 e. The van der Waals surface area contributed by atoms with Crippen LogP contribution in [-0.4, -0.2) is 50.6 Å². The van der Waals surface area contributed by atoms with Gasteiger partial charge in [-0.05, 0) is 37.0 Å². The normalized spacial score (nSPS) is 26.6. The SMILES string of the molecule is O=C(NCC1CCCCC1)[C@H]1[C@H](CO)[C@H]2Cn3c(cccc3=O)[C@@H]1N2C(=O)c1ccncc1. The maximum Gasteiger partial charge on any atom is 0.254 e. The van der Waals surface area contributed by atoms with Gasteiger partial charge in [-0.3, -0.25) is 19.4 Å². The minimum absolute atomic E-state index is 0.149. The molecule has 4 atom stereocenters. The second-order valence-electron chi connectivity index (χ2n) is 9.48. The van der Waals surface area contributed by atoms with E-state index in [-0.39, 0.29) is 30.5 Å². The van der Waals surface area contributed by atoms with Gasteiger partial charge >= 0.3 is 0 Å². The van der Waals surface area contributed by atoms with Gasteiger partial charge in [-0.15, -0.1) is 0 Å². The Balaban J connectivity index is 1.50. The summed E-state index contributed by atoms with van der Waals surface area (Å²) >= 11 is 0. The Kier molecular flexibility index (Phi) is 6.01. The van der Waals surface area contributed by atoms with Crippen molar-refractivity contribution in [1.82, 2.24) is 19.8 Å². The molecule has 5 rings (SSSR count). The second-order valence-corrected chi connectivity index (χ2v) is 9.48. The summed E-state index contributed by atoms with van der Waals surface area (Å²) in [7, 11) is 0. The molecule has 8 nitrogen and oxygen atoms in total. The third-order valence-electron chi connectivity index (χ3n) is 7.67. The summed E-state index contributed by atoms with van der Waals surface area (Å²) in [6, 6.07) is 7.24. The summed E-state index contributed by atoms with van der Waals surface area (Å²) in [5, 5.41) is 13.5. The van der Waals surface area contributed by atoms with Gasteiger partial charge in [-0.25, -0.2) is 0 Å². The second kappa shape index (κ2) is 9.09. The number of aliphatic hydroxyl groups excluding tert-OH is 1. The molecule has 1 saturated carbocycles. The first-order valence-electron chi connectivity index (χ1n) is 11.9. The van der Waals surface area contributed by atoms with E-state index in [1.807, 2.05) is 6.07 Å². The molecule has 174 valence electrons. The molecule has 0 aromatic carbocycles. The number of hydrogen-bond donors (Lipinski definition) is 2. The number of fused-ring (bicyclic) bond motifs is 4. The van der Waals surface area contributed by atoms with Crippen LogP contribution >= 0.6 is 0 Å². The van der Waals surface area contributed by atoms with Gasteiger partial charge in [0.1, 0.15) is 0 Å². The molecule has 0 radical (unpaired) electrons. The number of aliphatic hydroxyl groups is 1. The van der Waals surface area contributed by atoms with Crippen molar-refractivity contribution >= 4 is 11.8 Å². The zero-order valence-corrected chi connectivity index (χ0v) is 18.6. The van der Waals surface area contributed by atoms with Gasteiger partial charge in [0.2, 0.25) is 5.91 Å². The first-order valence-corrected chi connectivity index (χ1v) is 11.9. The quantitative estimate of drug-likeness (QED) is 0.722. The minimum Gasteiger partial charge on any atom is -0.396 e. The number of pyridine rings is 2. The van der Waals surface area contributed by atoms with Gasteiger partial charge in [0, 0.05) is 55.3 Å². The lowest BCUT2D eigenvalue weighted by Crippen LogP contribution is -2.49. The lowest BCUT2D eigenvalue weighted by atomic mass is 9.85. The molecule has 3 aliphatic rings. The lowest BCUT2D eigenvalue weighted by molar-refractivity contribution is -0.127. The molecule has 33 heavy (non-hydrogen) atoms. The third kappa shape index (κ3) is 3.86. The molecular formula is C25H30N4O4. The van der Waals surface area contributed by atoms with Crippen molar-refractivity contribution < 1.29 is 14.7 Å². The van der Waals surface area contributed by atoms with Crippen molar-refractivity contribution in [3.05, 3.63) is 64.3 Å². The van der Waals surface area contributed by atoms with Gasteiger partial charge in [0.15, 0.2) is 0 Å². The first-order chi connectivity index (χ1) is 16.1. The summed E-state index contributed by atoms with van der Waals surface area (Å²) < 4.78 is 1.66. The van der Waals surface area contributed by atoms with Crippen LogP contribution in [0.15, 0.2) is 47.5 Å². The molecule has 4 heterocycles. The van der Waals surface area contributed by atoms with Crippen LogP contribution in [-0.2, 0) is 11.3 Å². The number of carbonyl (C=O) groups excluding carboxylic acids is 2. The van der Waals surface area contributed by atoms with Crippen LogP contribution in [0.3, 0.4) is 0 Å². The van der Waals surface area contributed by atoms with E-state index >= 15 is 0 Å². The lowest BCUT2D eigenvalue weighted by Gasteiger charge is -2.38. The summed E-state index contributed by atoms with van der Waals surface area (Å²) in [6.07, 6.45) is 9.00. The number of nitrogens with one attached hydrogen (secondary N) is 1. The highest BCUT2D eigenvalue weighted by molar-refractivity contribution is 5.96. The molecule has 0 spiro atoms.